The number of benzene rings is 3. The number of nitrogens with zero attached hydrogens (tertiary/aromatic N) is 1. The van der Waals surface area contributed by atoms with E-state index >= 15 is 0 Å². The molecule has 0 aliphatic heterocycles. The fraction of sp³-hybridized carbons (Fsp3) is 0.424. The van der Waals surface area contributed by atoms with Gasteiger partial charge in [0.2, 0.25) is 15.9 Å². The monoisotopic (exact) mass is 595 g/mol. The normalized spacial score (nSPS) is 13.0. The average Bonchev–Trinajstić information content (AvgIpc) is 3.00. The maximum absolute atomic E-state index is 13.0. The van der Waals surface area contributed by atoms with Crippen LogP contribution in [0, 0.1) is 0 Å². The summed E-state index contributed by atoms with van der Waals surface area (Å²) in [7, 11) is -3.56. The van der Waals surface area contributed by atoms with E-state index in [1.807, 2.05) is 98.8 Å². The van der Waals surface area contributed by atoms with Crippen LogP contribution in [0.2, 0.25) is 0 Å². The number of carbonyl (C=O) groups is 1. The van der Waals surface area contributed by atoms with Crippen LogP contribution in [0.5, 0.6) is 5.75 Å². The molecule has 3 aromatic carbocycles. The molecule has 0 saturated heterocycles. The molecule has 0 bridgehead atoms. The smallest absolute Gasteiger partial charge is 0.221 e. The molecule has 0 radical (unpaired) electrons. The zero-order chi connectivity index (χ0) is 30.2. The second-order valence-electron chi connectivity index (χ2n) is 10.4. The summed E-state index contributed by atoms with van der Waals surface area (Å²) in [6.07, 6.45) is 0.702. The molecule has 3 N–H and O–H groups in total. The van der Waals surface area contributed by atoms with E-state index in [0.717, 1.165) is 16.7 Å². The predicted molar refractivity (Wildman–Crippen MR) is 168 cm³/mol. The van der Waals surface area contributed by atoms with Crippen molar-refractivity contribution in [1.29, 1.82) is 0 Å². The minimum Gasteiger partial charge on any atom is -0.489 e. The minimum atomic E-state index is -3.56. The lowest BCUT2D eigenvalue weighted by Crippen LogP contribution is -2.49. The van der Waals surface area contributed by atoms with Gasteiger partial charge in [0.15, 0.2) is 0 Å². The van der Waals surface area contributed by atoms with Gasteiger partial charge in [0.25, 0.3) is 0 Å². The van der Waals surface area contributed by atoms with Crippen LogP contribution in [0.3, 0.4) is 0 Å². The highest BCUT2D eigenvalue weighted by Gasteiger charge is 2.25. The van der Waals surface area contributed by atoms with E-state index in [4.69, 9.17) is 4.74 Å². The number of sulfonamides is 1. The zero-order valence-corrected chi connectivity index (χ0v) is 25.6. The molecule has 8 nitrogen and oxygen atoms in total. The van der Waals surface area contributed by atoms with E-state index in [1.165, 1.54) is 4.31 Å². The standard InChI is InChI=1S/C33H45N3O5S/c1-3-19-36(20-4-2)42(39,40)21-18-33(38)35-31(32(37)25-34-24-27-12-7-5-8-13-27)23-29-16-11-17-30(22-29)41-26-28-14-9-6-10-15-28/h5-17,22,31-32,34,37H,3-4,18-21,23-26H2,1-2H3,(H,35,38)/t31-,32-/m0/s1. The zero-order valence-electron chi connectivity index (χ0n) is 24.7. The molecule has 42 heavy (non-hydrogen) atoms. The molecule has 0 heterocycles. The number of ether oxygens (including phenoxy) is 1. The lowest BCUT2D eigenvalue weighted by Gasteiger charge is -2.26. The fourth-order valence-electron chi connectivity index (χ4n) is 4.66. The molecule has 9 heteroatoms. The molecular formula is C33H45N3O5S. The summed E-state index contributed by atoms with van der Waals surface area (Å²) in [4.78, 5) is 13.0. The Morgan fingerprint density at radius 3 is 2.14 bits per heavy atom. The first kappa shape index (κ1) is 33.3. The van der Waals surface area contributed by atoms with Crippen LogP contribution in [0.25, 0.3) is 0 Å². The summed E-state index contributed by atoms with van der Waals surface area (Å²) in [6, 6.07) is 26.7. The molecule has 0 aliphatic carbocycles. The van der Waals surface area contributed by atoms with Crippen molar-refractivity contribution in [3.63, 3.8) is 0 Å². The SMILES string of the molecule is CCCN(CCC)S(=O)(=O)CCC(=O)N[C@@H](Cc1cccc(OCc2ccccc2)c1)[C@@H](O)CNCc1ccccc1. The van der Waals surface area contributed by atoms with E-state index in [9.17, 15) is 18.3 Å². The van der Waals surface area contributed by atoms with Gasteiger partial charge in [-0.25, -0.2) is 12.7 Å². The third kappa shape index (κ3) is 11.6. The summed E-state index contributed by atoms with van der Waals surface area (Å²) >= 11 is 0. The molecule has 3 rings (SSSR count). The van der Waals surface area contributed by atoms with Gasteiger partial charge in [0.1, 0.15) is 12.4 Å². The van der Waals surface area contributed by atoms with Crippen molar-refractivity contribution in [3.05, 3.63) is 102 Å². The number of nitrogens with one attached hydrogen (secondary N) is 2. The van der Waals surface area contributed by atoms with Crippen LogP contribution in [0.1, 0.15) is 49.8 Å². The molecule has 0 unspecified atom stereocenters. The quantitative estimate of drug-likeness (QED) is 0.191. The van der Waals surface area contributed by atoms with Crippen molar-refractivity contribution in [2.45, 2.75) is 64.8 Å². The molecule has 0 fully saturated rings. The van der Waals surface area contributed by atoms with E-state index < -0.39 is 28.1 Å². The molecule has 228 valence electrons. The topological polar surface area (TPSA) is 108 Å². The summed E-state index contributed by atoms with van der Waals surface area (Å²) in [5.41, 5.74) is 3.03. The van der Waals surface area contributed by atoms with E-state index in [-0.39, 0.29) is 18.7 Å². The molecule has 0 spiro atoms. The number of rotatable bonds is 19. The second kappa shape index (κ2) is 17.7. The van der Waals surface area contributed by atoms with Crippen LogP contribution in [0.4, 0.5) is 0 Å². The van der Waals surface area contributed by atoms with Gasteiger partial charge < -0.3 is 20.5 Å². The van der Waals surface area contributed by atoms with Gasteiger partial charge in [-0.3, -0.25) is 4.79 Å². The van der Waals surface area contributed by atoms with Crippen molar-refractivity contribution < 1.29 is 23.1 Å². The molecule has 3 aromatic rings. The Hall–Kier alpha value is -3.24. The van der Waals surface area contributed by atoms with Gasteiger partial charge >= 0.3 is 0 Å². The first-order valence-corrected chi connectivity index (χ1v) is 16.4. The summed E-state index contributed by atoms with van der Waals surface area (Å²) in [5.74, 6) is 0.0164. The second-order valence-corrected chi connectivity index (χ2v) is 12.5. The Kier molecular flexibility index (Phi) is 14.0. The number of amides is 1. The highest BCUT2D eigenvalue weighted by atomic mass is 32.2. The van der Waals surface area contributed by atoms with Gasteiger partial charge in [0.05, 0.1) is 17.9 Å². The van der Waals surface area contributed by atoms with Crippen LogP contribution in [0.15, 0.2) is 84.9 Å². The van der Waals surface area contributed by atoms with E-state index in [1.54, 1.807) is 0 Å². The van der Waals surface area contributed by atoms with Crippen molar-refractivity contribution in [2.24, 2.45) is 0 Å². The average molecular weight is 596 g/mol. The Morgan fingerprint density at radius 1 is 0.881 bits per heavy atom. The molecule has 2 atom stereocenters. The maximum Gasteiger partial charge on any atom is 0.221 e. The first-order chi connectivity index (χ1) is 20.3. The van der Waals surface area contributed by atoms with Crippen molar-refractivity contribution in [3.8, 4) is 5.75 Å². The van der Waals surface area contributed by atoms with Crippen LogP contribution in [-0.4, -0.2) is 61.3 Å². The minimum absolute atomic E-state index is 0.173. The van der Waals surface area contributed by atoms with Crippen LogP contribution < -0.4 is 15.4 Å². The van der Waals surface area contributed by atoms with Gasteiger partial charge in [-0.1, -0.05) is 86.6 Å². The van der Waals surface area contributed by atoms with Gasteiger partial charge in [-0.2, -0.15) is 0 Å². The number of aliphatic hydroxyl groups is 1. The third-order valence-electron chi connectivity index (χ3n) is 6.87. The Balaban J connectivity index is 1.66. The number of hydrogen-bond donors (Lipinski definition) is 3. The van der Waals surface area contributed by atoms with Crippen LogP contribution >= 0.6 is 0 Å². The lowest BCUT2D eigenvalue weighted by atomic mass is 10.0. The lowest BCUT2D eigenvalue weighted by molar-refractivity contribution is -0.122. The summed E-state index contributed by atoms with van der Waals surface area (Å²) < 4.78 is 33.2. The molecule has 1 amide bonds. The third-order valence-corrected chi connectivity index (χ3v) is 8.74. The number of carbonyl (C=O) groups excluding carboxylic acids is 1. The highest BCUT2D eigenvalue weighted by Crippen LogP contribution is 2.18. The Morgan fingerprint density at radius 2 is 1.50 bits per heavy atom. The van der Waals surface area contributed by atoms with E-state index in [2.05, 4.69) is 10.6 Å². The fourth-order valence-corrected chi connectivity index (χ4v) is 6.28. The first-order valence-electron chi connectivity index (χ1n) is 14.8. The molecule has 0 aromatic heterocycles. The number of hydrogen-bond acceptors (Lipinski definition) is 6. The van der Waals surface area contributed by atoms with Gasteiger partial charge in [0, 0.05) is 32.6 Å². The number of aliphatic hydroxyl groups excluding tert-OH is 1. The molecule has 0 saturated carbocycles. The van der Waals surface area contributed by atoms with E-state index in [0.29, 0.717) is 51.3 Å². The van der Waals surface area contributed by atoms with Crippen LogP contribution in [-0.2, 0) is 34.4 Å². The highest BCUT2D eigenvalue weighted by molar-refractivity contribution is 7.89. The summed E-state index contributed by atoms with van der Waals surface area (Å²) in [5, 5.41) is 17.3. The van der Waals surface area contributed by atoms with Crippen molar-refractivity contribution >= 4 is 15.9 Å². The largest absolute Gasteiger partial charge is 0.489 e. The van der Waals surface area contributed by atoms with Gasteiger partial charge in [-0.15, -0.1) is 0 Å². The van der Waals surface area contributed by atoms with Crippen molar-refractivity contribution in [2.75, 3.05) is 25.4 Å². The Labute approximate surface area is 251 Å². The summed E-state index contributed by atoms with van der Waals surface area (Å²) in [6.45, 7) is 6.00. The molecular weight excluding hydrogens is 550 g/mol. The Bertz CT molecular complexity index is 1300. The predicted octanol–water partition coefficient (Wildman–Crippen LogP) is 4.29. The molecule has 0 aliphatic rings. The maximum atomic E-state index is 13.0. The van der Waals surface area contributed by atoms with Gasteiger partial charge in [-0.05, 0) is 48.1 Å². The van der Waals surface area contributed by atoms with Crippen molar-refractivity contribution in [1.82, 2.24) is 14.9 Å².